The standard InChI is InChI=1S/C22H27N3O3S/c1-16(26)20-8-9-21(29-20)19(27)7-4-17-2-5-18(6-3-17)22(28)24-12-15-25-13-10-23-11-14-25/h2-3,5-6,8-9,23H,4,7,10-15H2,1H3,(H,24,28). The van der Waals surface area contributed by atoms with Crippen LogP contribution in [0, 0.1) is 0 Å². The summed E-state index contributed by atoms with van der Waals surface area (Å²) >= 11 is 1.25. The Bertz CT molecular complexity index is 854. The number of carbonyl (C=O) groups excluding carboxylic acids is 3. The lowest BCUT2D eigenvalue weighted by Gasteiger charge is -2.27. The van der Waals surface area contributed by atoms with E-state index in [-0.39, 0.29) is 17.5 Å². The molecule has 0 bridgehead atoms. The highest BCUT2D eigenvalue weighted by atomic mass is 32.1. The van der Waals surface area contributed by atoms with E-state index < -0.39 is 0 Å². The van der Waals surface area contributed by atoms with Crippen LogP contribution >= 0.6 is 11.3 Å². The fourth-order valence-corrected chi connectivity index (χ4v) is 4.11. The molecule has 7 heteroatoms. The van der Waals surface area contributed by atoms with Gasteiger partial charge < -0.3 is 10.6 Å². The van der Waals surface area contributed by atoms with E-state index in [1.54, 1.807) is 24.3 Å². The van der Waals surface area contributed by atoms with Crippen molar-refractivity contribution in [3.8, 4) is 0 Å². The van der Waals surface area contributed by atoms with E-state index in [0.29, 0.717) is 34.7 Å². The molecule has 1 aromatic carbocycles. The van der Waals surface area contributed by atoms with Gasteiger partial charge in [0.1, 0.15) is 0 Å². The molecular formula is C22H27N3O3S. The van der Waals surface area contributed by atoms with Crippen molar-refractivity contribution in [2.24, 2.45) is 0 Å². The molecule has 2 N–H and O–H groups in total. The number of nitrogens with zero attached hydrogens (tertiary/aromatic N) is 1. The number of ketones is 2. The van der Waals surface area contributed by atoms with Crippen LogP contribution in [0.5, 0.6) is 0 Å². The molecule has 1 saturated heterocycles. The van der Waals surface area contributed by atoms with Gasteiger partial charge in [0.25, 0.3) is 5.91 Å². The summed E-state index contributed by atoms with van der Waals surface area (Å²) in [4.78, 5) is 39.5. The maximum atomic E-state index is 12.3. The Morgan fingerprint density at radius 2 is 1.72 bits per heavy atom. The molecule has 2 aromatic rings. The Morgan fingerprint density at radius 3 is 2.38 bits per heavy atom. The highest BCUT2D eigenvalue weighted by Gasteiger charge is 2.13. The maximum absolute atomic E-state index is 12.3. The van der Waals surface area contributed by atoms with Crippen LogP contribution in [0.1, 0.15) is 48.6 Å². The first-order valence-electron chi connectivity index (χ1n) is 9.97. The van der Waals surface area contributed by atoms with Gasteiger partial charge in [-0.1, -0.05) is 12.1 Å². The fourth-order valence-electron chi connectivity index (χ4n) is 3.25. The Morgan fingerprint density at radius 1 is 1.03 bits per heavy atom. The lowest BCUT2D eigenvalue weighted by atomic mass is 10.0. The average Bonchev–Trinajstić information content (AvgIpc) is 3.24. The van der Waals surface area contributed by atoms with Crippen molar-refractivity contribution in [2.75, 3.05) is 39.3 Å². The van der Waals surface area contributed by atoms with Gasteiger partial charge in [0, 0.05) is 51.3 Å². The molecule has 6 nitrogen and oxygen atoms in total. The summed E-state index contributed by atoms with van der Waals surface area (Å²) in [6, 6.07) is 10.8. The minimum atomic E-state index is -0.0712. The predicted octanol–water partition coefficient (Wildman–Crippen LogP) is 2.40. The van der Waals surface area contributed by atoms with E-state index in [1.807, 2.05) is 12.1 Å². The molecule has 154 valence electrons. The number of benzene rings is 1. The third-order valence-corrected chi connectivity index (χ3v) is 6.23. The summed E-state index contributed by atoms with van der Waals surface area (Å²) in [5.74, 6) is -0.0498. The van der Waals surface area contributed by atoms with E-state index >= 15 is 0 Å². The zero-order chi connectivity index (χ0) is 20.6. The summed E-state index contributed by atoms with van der Waals surface area (Å²) in [6.45, 7) is 7.04. The van der Waals surface area contributed by atoms with Crippen LogP contribution in [0.25, 0.3) is 0 Å². The number of piperazine rings is 1. The number of thiophene rings is 1. The van der Waals surface area contributed by atoms with Crippen molar-refractivity contribution in [1.29, 1.82) is 0 Å². The first kappa shape index (κ1) is 21.4. The third-order valence-electron chi connectivity index (χ3n) is 5.01. The second kappa shape index (κ2) is 10.4. The van der Waals surface area contributed by atoms with Crippen LogP contribution in [0.3, 0.4) is 0 Å². The van der Waals surface area contributed by atoms with Crippen molar-refractivity contribution in [2.45, 2.75) is 19.8 Å². The minimum Gasteiger partial charge on any atom is -0.351 e. The Kier molecular flexibility index (Phi) is 7.69. The van der Waals surface area contributed by atoms with Crippen molar-refractivity contribution in [3.05, 3.63) is 57.3 Å². The summed E-state index contributed by atoms with van der Waals surface area (Å²) in [5.41, 5.74) is 1.64. The zero-order valence-corrected chi connectivity index (χ0v) is 17.5. The number of amides is 1. The summed E-state index contributed by atoms with van der Waals surface area (Å²) in [7, 11) is 0. The van der Waals surface area contributed by atoms with Crippen LogP contribution in [0.2, 0.25) is 0 Å². The number of rotatable bonds is 9. The van der Waals surface area contributed by atoms with Gasteiger partial charge in [-0.25, -0.2) is 0 Å². The molecular weight excluding hydrogens is 386 g/mol. The molecule has 0 radical (unpaired) electrons. The fraction of sp³-hybridized carbons (Fsp3) is 0.409. The molecule has 1 aliphatic heterocycles. The van der Waals surface area contributed by atoms with Gasteiger partial charge in [0.15, 0.2) is 11.6 Å². The van der Waals surface area contributed by atoms with Crippen molar-refractivity contribution in [1.82, 2.24) is 15.5 Å². The smallest absolute Gasteiger partial charge is 0.251 e. The quantitative estimate of drug-likeness (QED) is 0.617. The topological polar surface area (TPSA) is 78.5 Å². The van der Waals surface area contributed by atoms with Gasteiger partial charge in [-0.05, 0) is 43.2 Å². The summed E-state index contributed by atoms with van der Waals surface area (Å²) in [5, 5.41) is 6.28. The van der Waals surface area contributed by atoms with Gasteiger partial charge in [-0.3, -0.25) is 19.3 Å². The number of Topliss-reactive ketones (excluding diaryl/α,β-unsaturated/α-hetero) is 2. The number of aryl methyl sites for hydroxylation is 1. The Labute approximate surface area is 175 Å². The molecule has 0 spiro atoms. The highest BCUT2D eigenvalue weighted by Crippen LogP contribution is 2.19. The van der Waals surface area contributed by atoms with Crippen molar-refractivity contribution < 1.29 is 14.4 Å². The van der Waals surface area contributed by atoms with E-state index in [0.717, 1.165) is 38.3 Å². The lowest BCUT2D eigenvalue weighted by molar-refractivity contribution is 0.0944. The molecule has 1 aromatic heterocycles. The average molecular weight is 414 g/mol. The summed E-state index contributed by atoms with van der Waals surface area (Å²) in [6.07, 6.45) is 0.991. The molecule has 29 heavy (non-hydrogen) atoms. The number of hydrogen-bond donors (Lipinski definition) is 2. The van der Waals surface area contributed by atoms with Crippen LogP contribution in [-0.2, 0) is 6.42 Å². The minimum absolute atomic E-state index is 0.0177. The SMILES string of the molecule is CC(=O)c1ccc(C(=O)CCc2ccc(C(=O)NCCN3CCNCC3)cc2)s1. The van der Waals surface area contributed by atoms with Gasteiger partial charge in [-0.15, -0.1) is 11.3 Å². The second-order valence-corrected chi connectivity index (χ2v) is 8.27. The zero-order valence-electron chi connectivity index (χ0n) is 16.7. The summed E-state index contributed by atoms with van der Waals surface area (Å²) < 4.78 is 0. The van der Waals surface area contributed by atoms with Crippen LogP contribution < -0.4 is 10.6 Å². The highest BCUT2D eigenvalue weighted by molar-refractivity contribution is 7.16. The molecule has 1 fully saturated rings. The molecule has 0 saturated carbocycles. The number of nitrogens with one attached hydrogen (secondary N) is 2. The van der Waals surface area contributed by atoms with E-state index in [2.05, 4.69) is 15.5 Å². The molecule has 0 aliphatic carbocycles. The monoisotopic (exact) mass is 413 g/mol. The first-order valence-corrected chi connectivity index (χ1v) is 10.8. The largest absolute Gasteiger partial charge is 0.351 e. The van der Waals surface area contributed by atoms with E-state index in [4.69, 9.17) is 0 Å². The third kappa shape index (κ3) is 6.32. The Balaban J connectivity index is 1.43. The van der Waals surface area contributed by atoms with Crippen molar-refractivity contribution >= 4 is 28.8 Å². The van der Waals surface area contributed by atoms with Gasteiger partial charge in [-0.2, -0.15) is 0 Å². The second-order valence-electron chi connectivity index (χ2n) is 7.19. The number of hydrogen-bond acceptors (Lipinski definition) is 6. The van der Waals surface area contributed by atoms with Crippen LogP contribution in [-0.4, -0.2) is 61.6 Å². The maximum Gasteiger partial charge on any atom is 0.251 e. The van der Waals surface area contributed by atoms with Crippen LogP contribution in [0.15, 0.2) is 36.4 Å². The molecule has 1 aliphatic rings. The molecule has 0 atom stereocenters. The van der Waals surface area contributed by atoms with E-state index in [9.17, 15) is 14.4 Å². The Hall–Kier alpha value is -2.35. The molecule has 3 rings (SSSR count). The predicted molar refractivity (Wildman–Crippen MR) is 115 cm³/mol. The number of carbonyl (C=O) groups is 3. The molecule has 1 amide bonds. The first-order chi connectivity index (χ1) is 14.0. The van der Waals surface area contributed by atoms with E-state index in [1.165, 1.54) is 18.3 Å². The van der Waals surface area contributed by atoms with Gasteiger partial charge in [0.2, 0.25) is 0 Å². The van der Waals surface area contributed by atoms with Gasteiger partial charge >= 0.3 is 0 Å². The lowest BCUT2D eigenvalue weighted by Crippen LogP contribution is -2.46. The van der Waals surface area contributed by atoms with Crippen LogP contribution in [0.4, 0.5) is 0 Å². The van der Waals surface area contributed by atoms with Crippen molar-refractivity contribution in [3.63, 3.8) is 0 Å². The molecule has 2 heterocycles. The normalized spacial score (nSPS) is 14.5. The van der Waals surface area contributed by atoms with Gasteiger partial charge in [0.05, 0.1) is 9.75 Å². The molecule has 0 unspecified atom stereocenters.